The molecule has 0 spiro atoms. The normalized spacial score (nSPS) is 52.8. The molecule has 2 aliphatic heterocycles. The molecule has 0 aromatic heterocycles. The number of ether oxygens (including phenoxy) is 1. The molecule has 2 saturated heterocycles. The highest BCUT2D eigenvalue weighted by Gasteiger charge is 2.62. The van der Waals surface area contributed by atoms with Crippen LogP contribution >= 0.6 is 0 Å². The minimum Gasteiger partial charge on any atom is -0.373 e. The van der Waals surface area contributed by atoms with Crippen molar-refractivity contribution in [2.45, 2.75) is 58.7 Å². The Bertz CT molecular complexity index is 325. The van der Waals surface area contributed by atoms with Crippen LogP contribution in [-0.4, -0.2) is 18.5 Å². The summed E-state index contributed by atoms with van der Waals surface area (Å²) in [5.41, 5.74) is 0.358. The van der Waals surface area contributed by atoms with Crippen molar-refractivity contribution < 1.29 is 9.53 Å². The fourth-order valence-electron chi connectivity index (χ4n) is 4.90. The van der Waals surface area contributed by atoms with E-state index in [0.717, 1.165) is 31.0 Å². The Morgan fingerprint density at radius 2 is 2.06 bits per heavy atom. The molecule has 2 nitrogen and oxygen atoms in total. The number of carbonyl (C=O) groups is 1. The van der Waals surface area contributed by atoms with E-state index in [1.165, 1.54) is 12.8 Å². The third-order valence-corrected chi connectivity index (χ3v) is 5.87. The van der Waals surface area contributed by atoms with Crippen molar-refractivity contribution >= 4 is 6.29 Å². The van der Waals surface area contributed by atoms with Crippen LogP contribution < -0.4 is 0 Å². The molecule has 2 bridgehead atoms. The smallest absolute Gasteiger partial charge is 0.125 e. The lowest BCUT2D eigenvalue weighted by molar-refractivity contribution is -0.122. The van der Waals surface area contributed by atoms with Crippen LogP contribution in [0.3, 0.4) is 0 Å². The molecule has 1 aliphatic carbocycles. The van der Waals surface area contributed by atoms with Crippen molar-refractivity contribution in [3.63, 3.8) is 0 Å². The summed E-state index contributed by atoms with van der Waals surface area (Å²) in [6, 6.07) is 0. The first kappa shape index (κ1) is 11.7. The first-order valence-electron chi connectivity index (χ1n) is 7.18. The van der Waals surface area contributed by atoms with Gasteiger partial charge in [-0.1, -0.05) is 20.8 Å². The molecular weight excluding hydrogens is 212 g/mol. The molecule has 3 aliphatic rings. The lowest BCUT2D eigenvalue weighted by Crippen LogP contribution is -2.35. The SMILES string of the molecule is CC(C)[C@H]1CC[C@@]2(C)[C@@H]1[C@H]1O[C@@H]2CC[C@@H]1C=O. The summed E-state index contributed by atoms with van der Waals surface area (Å²) in [7, 11) is 0. The fourth-order valence-corrected chi connectivity index (χ4v) is 4.90. The van der Waals surface area contributed by atoms with E-state index in [1.54, 1.807) is 0 Å². The minimum absolute atomic E-state index is 0.164. The highest BCUT2D eigenvalue weighted by Crippen LogP contribution is 2.62. The first-order valence-corrected chi connectivity index (χ1v) is 7.18. The molecule has 3 fully saturated rings. The molecule has 6 atom stereocenters. The third-order valence-electron chi connectivity index (χ3n) is 5.87. The zero-order chi connectivity index (χ0) is 12.2. The molecule has 0 aromatic rings. The standard InChI is InChI=1S/C15H24O2/c1-9(2)11-6-7-15(3)12-5-4-10(8-16)14(17-12)13(11)15/h8-14H,4-7H2,1-3H3/t10-,11-,12-,13+,14+,15-/m1/s1. The minimum atomic E-state index is 0.164. The van der Waals surface area contributed by atoms with Gasteiger partial charge in [0.05, 0.1) is 12.2 Å². The van der Waals surface area contributed by atoms with E-state index < -0.39 is 0 Å². The van der Waals surface area contributed by atoms with E-state index in [4.69, 9.17) is 4.74 Å². The maximum absolute atomic E-state index is 11.2. The van der Waals surface area contributed by atoms with Gasteiger partial charge < -0.3 is 9.53 Å². The molecule has 0 N–H and O–H groups in total. The number of rotatable bonds is 2. The predicted octanol–water partition coefficient (Wildman–Crippen LogP) is 3.05. The van der Waals surface area contributed by atoms with E-state index >= 15 is 0 Å². The quantitative estimate of drug-likeness (QED) is 0.689. The van der Waals surface area contributed by atoms with Crippen LogP contribution in [0.1, 0.15) is 46.5 Å². The van der Waals surface area contributed by atoms with Crippen LogP contribution in [0.4, 0.5) is 0 Å². The van der Waals surface area contributed by atoms with Crippen LogP contribution in [0, 0.1) is 29.1 Å². The van der Waals surface area contributed by atoms with Crippen molar-refractivity contribution in [3.8, 4) is 0 Å². The van der Waals surface area contributed by atoms with Crippen LogP contribution in [0.25, 0.3) is 0 Å². The monoisotopic (exact) mass is 236 g/mol. The van der Waals surface area contributed by atoms with E-state index in [0.29, 0.717) is 17.4 Å². The van der Waals surface area contributed by atoms with Gasteiger partial charge in [-0.15, -0.1) is 0 Å². The lowest BCUT2D eigenvalue weighted by atomic mass is 9.70. The molecule has 2 heteroatoms. The summed E-state index contributed by atoms with van der Waals surface area (Å²) in [6.45, 7) is 7.07. The van der Waals surface area contributed by atoms with Crippen LogP contribution in [0.2, 0.25) is 0 Å². The Balaban J connectivity index is 1.95. The van der Waals surface area contributed by atoms with Gasteiger partial charge in [-0.05, 0) is 48.9 Å². The lowest BCUT2D eigenvalue weighted by Gasteiger charge is -2.32. The summed E-state index contributed by atoms with van der Waals surface area (Å²) in [5, 5.41) is 0. The molecular formula is C15H24O2. The second-order valence-corrected chi connectivity index (χ2v) is 6.94. The Labute approximate surface area is 104 Å². The largest absolute Gasteiger partial charge is 0.373 e. The molecule has 2 heterocycles. The van der Waals surface area contributed by atoms with Gasteiger partial charge in [0.15, 0.2) is 0 Å². The van der Waals surface area contributed by atoms with Gasteiger partial charge in [-0.3, -0.25) is 0 Å². The Morgan fingerprint density at radius 3 is 2.71 bits per heavy atom. The highest BCUT2D eigenvalue weighted by atomic mass is 16.5. The van der Waals surface area contributed by atoms with Gasteiger partial charge in [-0.2, -0.15) is 0 Å². The molecule has 17 heavy (non-hydrogen) atoms. The van der Waals surface area contributed by atoms with Crippen molar-refractivity contribution in [1.29, 1.82) is 0 Å². The zero-order valence-corrected chi connectivity index (χ0v) is 11.2. The Kier molecular flexibility index (Phi) is 2.62. The summed E-state index contributed by atoms with van der Waals surface area (Å²) in [5.74, 6) is 2.27. The Morgan fingerprint density at radius 1 is 1.29 bits per heavy atom. The molecule has 0 radical (unpaired) electrons. The summed E-state index contributed by atoms with van der Waals surface area (Å²) in [6.07, 6.45) is 6.59. The summed E-state index contributed by atoms with van der Waals surface area (Å²) >= 11 is 0. The molecule has 0 aromatic carbocycles. The van der Waals surface area contributed by atoms with Gasteiger partial charge in [0.25, 0.3) is 0 Å². The van der Waals surface area contributed by atoms with Crippen molar-refractivity contribution in [2.75, 3.05) is 0 Å². The second kappa shape index (κ2) is 3.81. The van der Waals surface area contributed by atoms with Gasteiger partial charge in [-0.25, -0.2) is 0 Å². The average molecular weight is 236 g/mol. The first-order chi connectivity index (χ1) is 8.08. The zero-order valence-electron chi connectivity index (χ0n) is 11.2. The maximum atomic E-state index is 11.2. The van der Waals surface area contributed by atoms with E-state index in [1.807, 2.05) is 0 Å². The molecule has 1 saturated carbocycles. The maximum Gasteiger partial charge on any atom is 0.125 e. The predicted molar refractivity (Wildman–Crippen MR) is 66.6 cm³/mol. The average Bonchev–Trinajstić information content (AvgIpc) is 2.76. The van der Waals surface area contributed by atoms with Gasteiger partial charge in [0.2, 0.25) is 0 Å². The van der Waals surface area contributed by atoms with Gasteiger partial charge >= 0.3 is 0 Å². The number of hydrogen-bond donors (Lipinski definition) is 0. The Hall–Kier alpha value is -0.370. The van der Waals surface area contributed by atoms with Gasteiger partial charge in [0.1, 0.15) is 6.29 Å². The summed E-state index contributed by atoms with van der Waals surface area (Å²) < 4.78 is 6.22. The van der Waals surface area contributed by atoms with Crippen molar-refractivity contribution in [1.82, 2.24) is 0 Å². The summed E-state index contributed by atoms with van der Waals surface area (Å²) in [4.78, 5) is 11.2. The van der Waals surface area contributed by atoms with Crippen LogP contribution in [-0.2, 0) is 9.53 Å². The number of aldehydes is 1. The van der Waals surface area contributed by atoms with Gasteiger partial charge in [0, 0.05) is 5.92 Å². The number of fused-ring (bicyclic) bond motifs is 5. The van der Waals surface area contributed by atoms with E-state index in [2.05, 4.69) is 20.8 Å². The van der Waals surface area contributed by atoms with E-state index in [-0.39, 0.29) is 12.0 Å². The molecule has 3 rings (SSSR count). The van der Waals surface area contributed by atoms with Crippen molar-refractivity contribution in [2.24, 2.45) is 29.1 Å². The highest BCUT2D eigenvalue weighted by molar-refractivity contribution is 5.55. The van der Waals surface area contributed by atoms with Crippen LogP contribution in [0.5, 0.6) is 0 Å². The second-order valence-electron chi connectivity index (χ2n) is 6.94. The molecule has 0 unspecified atom stereocenters. The van der Waals surface area contributed by atoms with Crippen LogP contribution in [0.15, 0.2) is 0 Å². The fraction of sp³-hybridized carbons (Fsp3) is 0.933. The number of hydrogen-bond acceptors (Lipinski definition) is 2. The third kappa shape index (κ3) is 1.46. The number of carbonyl (C=O) groups excluding carboxylic acids is 1. The topological polar surface area (TPSA) is 26.3 Å². The molecule has 96 valence electrons. The van der Waals surface area contributed by atoms with E-state index in [9.17, 15) is 4.79 Å². The molecule has 0 amide bonds. The van der Waals surface area contributed by atoms with Crippen molar-refractivity contribution in [3.05, 3.63) is 0 Å².